The van der Waals surface area contributed by atoms with Gasteiger partial charge in [-0.05, 0) is 62.7 Å². The lowest BCUT2D eigenvalue weighted by Crippen LogP contribution is -1.95. The molecule has 1 aliphatic rings. The third-order valence-corrected chi connectivity index (χ3v) is 5.15. The van der Waals surface area contributed by atoms with Gasteiger partial charge in [0.25, 0.3) is 0 Å². The number of hydrogen-bond acceptors (Lipinski definition) is 3. The van der Waals surface area contributed by atoms with Crippen molar-refractivity contribution in [3.8, 4) is 11.4 Å². The Labute approximate surface area is 214 Å². The molecule has 0 N–H and O–H groups in total. The number of hydrogen-bond donors (Lipinski definition) is 0. The average molecular weight is 476 g/mol. The second-order valence-electron chi connectivity index (χ2n) is 8.12. The van der Waals surface area contributed by atoms with Gasteiger partial charge in [0.2, 0.25) is 0 Å². The Kier molecular flexibility index (Phi) is 10.6. The van der Waals surface area contributed by atoms with Crippen LogP contribution in [0.1, 0.15) is 16.7 Å². The highest BCUT2D eigenvalue weighted by atomic mass is 15.3. The van der Waals surface area contributed by atoms with E-state index in [9.17, 15) is 0 Å². The molecule has 5 nitrogen and oxygen atoms in total. The van der Waals surface area contributed by atoms with E-state index in [1.807, 2.05) is 76.4 Å². The lowest BCUT2D eigenvalue weighted by Gasteiger charge is -2.03. The summed E-state index contributed by atoms with van der Waals surface area (Å²) >= 11 is 0. The number of aliphatic imine (C=N–C) groups is 1. The zero-order valence-electron chi connectivity index (χ0n) is 21.1. The van der Waals surface area contributed by atoms with Gasteiger partial charge in [0.1, 0.15) is 0 Å². The third kappa shape index (κ3) is 9.03. The summed E-state index contributed by atoms with van der Waals surface area (Å²) in [4.78, 5) is 3.85. The molecule has 0 saturated carbocycles. The molecule has 0 fully saturated rings. The number of aromatic nitrogens is 4. The Morgan fingerprint density at radius 1 is 0.611 bits per heavy atom. The Morgan fingerprint density at radius 2 is 1.22 bits per heavy atom. The summed E-state index contributed by atoms with van der Waals surface area (Å²) in [6.45, 7) is 7.13. The average Bonchev–Trinajstić information content (AvgIpc) is 3.72. The molecule has 0 unspecified atom stereocenters. The van der Waals surface area contributed by atoms with Crippen LogP contribution in [0.2, 0.25) is 0 Å². The normalized spacial score (nSPS) is 10.9. The minimum atomic E-state index is 0.889. The zero-order valence-corrected chi connectivity index (χ0v) is 21.1. The molecule has 0 bridgehead atoms. The standard InChI is InChI=1S/2C10H10N2.C7H8.C4H5N/c1-9-3-5-10(6-4-9)12-8-2-7-11-12;1-9-5-2-3-6-10(9)12-8-4-7-11-12;1-7-5-3-2-4-6-7;1-2-4-5-3-1/h2*2-8H,1H3;2-6H,1H3;1-3H,4H2. The molecule has 0 aliphatic carbocycles. The van der Waals surface area contributed by atoms with Crippen LogP contribution in [-0.4, -0.2) is 32.3 Å². The number of benzene rings is 3. The summed E-state index contributed by atoms with van der Waals surface area (Å²) in [5.74, 6) is 0. The maximum Gasteiger partial charge on any atom is 0.0674 e. The molecule has 3 heterocycles. The predicted molar refractivity (Wildman–Crippen MR) is 150 cm³/mol. The Bertz CT molecular complexity index is 1290. The number of nitrogens with zero attached hydrogens (tertiary/aromatic N) is 5. The smallest absolute Gasteiger partial charge is 0.0674 e. The van der Waals surface area contributed by atoms with Gasteiger partial charge in [0.15, 0.2) is 0 Å². The monoisotopic (exact) mass is 475 g/mol. The lowest BCUT2D eigenvalue weighted by molar-refractivity contribution is 0.873. The van der Waals surface area contributed by atoms with Crippen LogP contribution in [0.4, 0.5) is 0 Å². The van der Waals surface area contributed by atoms with E-state index in [0.29, 0.717) is 0 Å². The quantitative estimate of drug-likeness (QED) is 0.276. The van der Waals surface area contributed by atoms with E-state index in [0.717, 1.165) is 17.9 Å². The van der Waals surface area contributed by atoms with Crippen molar-refractivity contribution in [1.29, 1.82) is 0 Å². The first-order valence-electron chi connectivity index (χ1n) is 11.9. The van der Waals surface area contributed by atoms with Crippen LogP contribution in [-0.2, 0) is 0 Å². The molecule has 2 aromatic heterocycles. The van der Waals surface area contributed by atoms with Crippen LogP contribution in [0.5, 0.6) is 0 Å². The van der Waals surface area contributed by atoms with Crippen molar-refractivity contribution in [2.75, 3.05) is 6.54 Å². The molecule has 0 radical (unpaired) electrons. The van der Waals surface area contributed by atoms with Crippen LogP contribution in [0.25, 0.3) is 11.4 Å². The Balaban J connectivity index is 0.000000141. The first-order valence-corrected chi connectivity index (χ1v) is 11.9. The van der Waals surface area contributed by atoms with Gasteiger partial charge in [0.05, 0.1) is 17.9 Å². The maximum absolute atomic E-state index is 4.16. The van der Waals surface area contributed by atoms with E-state index in [1.165, 1.54) is 16.7 Å². The van der Waals surface area contributed by atoms with Gasteiger partial charge in [-0.2, -0.15) is 10.2 Å². The molecule has 1 aliphatic heterocycles. The van der Waals surface area contributed by atoms with Crippen molar-refractivity contribution in [2.24, 2.45) is 4.99 Å². The molecule has 0 spiro atoms. The number of allylic oxidation sites excluding steroid dienone is 1. The first-order chi connectivity index (χ1) is 17.6. The molecular weight excluding hydrogens is 442 g/mol. The number of rotatable bonds is 2. The molecule has 3 aromatic carbocycles. The minimum Gasteiger partial charge on any atom is -0.289 e. The van der Waals surface area contributed by atoms with Gasteiger partial charge < -0.3 is 0 Å². The Hall–Kier alpha value is -4.51. The van der Waals surface area contributed by atoms with Gasteiger partial charge in [-0.1, -0.05) is 77.9 Å². The first kappa shape index (κ1) is 26.1. The zero-order chi connectivity index (χ0) is 25.4. The molecule has 5 aromatic rings. The summed E-state index contributed by atoms with van der Waals surface area (Å²) in [6.07, 6.45) is 13.2. The fraction of sp³-hybridized carbons (Fsp3) is 0.129. The van der Waals surface area contributed by atoms with Crippen LogP contribution in [0.3, 0.4) is 0 Å². The van der Waals surface area contributed by atoms with Crippen molar-refractivity contribution in [3.05, 3.63) is 145 Å². The van der Waals surface area contributed by atoms with E-state index in [1.54, 1.807) is 18.6 Å². The fourth-order valence-corrected chi connectivity index (χ4v) is 3.19. The third-order valence-electron chi connectivity index (χ3n) is 5.15. The van der Waals surface area contributed by atoms with E-state index < -0.39 is 0 Å². The Morgan fingerprint density at radius 3 is 1.69 bits per heavy atom. The predicted octanol–water partition coefficient (Wildman–Crippen LogP) is 6.98. The maximum atomic E-state index is 4.16. The fourth-order valence-electron chi connectivity index (χ4n) is 3.19. The number of aryl methyl sites for hydroxylation is 3. The second-order valence-corrected chi connectivity index (χ2v) is 8.12. The van der Waals surface area contributed by atoms with Gasteiger partial charge >= 0.3 is 0 Å². The highest BCUT2D eigenvalue weighted by Gasteiger charge is 1.97. The molecule has 182 valence electrons. The molecule has 0 atom stereocenters. The topological polar surface area (TPSA) is 48.0 Å². The molecular formula is C31H33N5. The highest BCUT2D eigenvalue weighted by Crippen LogP contribution is 2.11. The summed E-state index contributed by atoms with van der Waals surface area (Å²) < 4.78 is 3.72. The summed E-state index contributed by atoms with van der Waals surface area (Å²) in [7, 11) is 0. The van der Waals surface area contributed by atoms with Crippen LogP contribution in [0.15, 0.2) is 133 Å². The molecule has 5 heteroatoms. The van der Waals surface area contributed by atoms with Crippen molar-refractivity contribution in [2.45, 2.75) is 20.8 Å². The van der Waals surface area contributed by atoms with E-state index in [-0.39, 0.29) is 0 Å². The van der Waals surface area contributed by atoms with Crippen LogP contribution >= 0.6 is 0 Å². The van der Waals surface area contributed by atoms with Crippen molar-refractivity contribution in [1.82, 2.24) is 19.6 Å². The van der Waals surface area contributed by atoms with Crippen LogP contribution in [0, 0.1) is 20.8 Å². The van der Waals surface area contributed by atoms with Crippen molar-refractivity contribution >= 4 is 6.21 Å². The van der Waals surface area contributed by atoms with Gasteiger partial charge in [-0.3, -0.25) is 4.99 Å². The molecule has 6 rings (SSSR count). The van der Waals surface area contributed by atoms with Gasteiger partial charge in [0, 0.05) is 31.0 Å². The van der Waals surface area contributed by atoms with Gasteiger partial charge in [-0.25, -0.2) is 9.36 Å². The summed E-state index contributed by atoms with van der Waals surface area (Å²) in [5.41, 5.74) is 6.07. The lowest BCUT2D eigenvalue weighted by atomic mass is 10.2. The second kappa shape index (κ2) is 14.7. The number of para-hydroxylation sites is 1. The SMILES string of the molecule is C1=CCN=C1.Cc1ccc(-n2cccn2)cc1.Cc1ccccc1.Cc1ccccc1-n1cccn1. The highest BCUT2D eigenvalue weighted by molar-refractivity contribution is 5.73. The van der Waals surface area contributed by atoms with E-state index >= 15 is 0 Å². The largest absolute Gasteiger partial charge is 0.289 e. The molecule has 36 heavy (non-hydrogen) atoms. The minimum absolute atomic E-state index is 0.889. The van der Waals surface area contributed by atoms with Crippen LogP contribution < -0.4 is 0 Å². The molecule has 0 saturated heterocycles. The van der Waals surface area contributed by atoms with Gasteiger partial charge in [-0.15, -0.1) is 0 Å². The van der Waals surface area contributed by atoms with E-state index in [4.69, 9.17) is 0 Å². The van der Waals surface area contributed by atoms with Crippen molar-refractivity contribution < 1.29 is 0 Å². The summed E-state index contributed by atoms with van der Waals surface area (Å²) in [5, 5.41) is 8.30. The molecule has 0 amide bonds. The van der Waals surface area contributed by atoms with Crippen molar-refractivity contribution in [3.63, 3.8) is 0 Å². The summed E-state index contributed by atoms with van der Waals surface area (Å²) in [6, 6.07) is 30.6. The van der Waals surface area contributed by atoms with E-state index in [2.05, 4.69) is 84.5 Å².